The summed E-state index contributed by atoms with van der Waals surface area (Å²) in [6.07, 6.45) is 0. The topological polar surface area (TPSA) is 62.5 Å². The molecule has 0 aliphatic carbocycles. The number of amides is 1. The summed E-state index contributed by atoms with van der Waals surface area (Å²) in [6, 6.07) is 8.46. The van der Waals surface area contributed by atoms with Crippen LogP contribution in [0.4, 0.5) is 10.8 Å². The lowest BCUT2D eigenvalue weighted by molar-refractivity contribution is 0.0742. The molecule has 1 fully saturated rings. The number of nitrogens with zero attached hydrogens (tertiary/aromatic N) is 3. The maximum atomic E-state index is 12.3. The number of aromatic nitrogens is 1. The molecule has 110 valence electrons. The molecule has 5 nitrogen and oxygen atoms in total. The summed E-state index contributed by atoms with van der Waals surface area (Å²) in [6.45, 7) is 5.20. The fourth-order valence-corrected chi connectivity index (χ4v) is 3.08. The monoisotopic (exact) mass is 302 g/mol. The number of rotatable bonds is 2. The molecule has 6 heteroatoms. The van der Waals surface area contributed by atoms with Gasteiger partial charge in [-0.15, -0.1) is 11.3 Å². The average molecular weight is 302 g/mol. The highest BCUT2D eigenvalue weighted by Crippen LogP contribution is 2.19. The number of aryl methyl sites for hydroxylation is 1. The van der Waals surface area contributed by atoms with Gasteiger partial charge in [-0.1, -0.05) is 12.1 Å². The lowest BCUT2D eigenvalue weighted by Crippen LogP contribution is -2.48. The molecular formula is C15H18N4OS. The minimum atomic E-state index is -0.0214. The van der Waals surface area contributed by atoms with E-state index in [0.717, 1.165) is 13.1 Å². The molecule has 1 aliphatic rings. The van der Waals surface area contributed by atoms with Gasteiger partial charge in [-0.2, -0.15) is 0 Å². The molecule has 0 spiro atoms. The smallest absolute Gasteiger partial charge is 0.273 e. The van der Waals surface area contributed by atoms with Crippen molar-refractivity contribution in [2.45, 2.75) is 6.92 Å². The molecule has 1 aromatic carbocycles. The fraction of sp³-hybridized carbons (Fsp3) is 0.333. The number of carbonyl (C=O) groups excluding carboxylic acids is 1. The van der Waals surface area contributed by atoms with Crippen LogP contribution in [0.15, 0.2) is 29.6 Å². The summed E-state index contributed by atoms with van der Waals surface area (Å²) in [5.41, 5.74) is 8.52. The molecule has 0 radical (unpaired) electrons. The zero-order valence-electron chi connectivity index (χ0n) is 12.0. The number of anilines is 2. The highest BCUT2D eigenvalue weighted by atomic mass is 32.1. The number of hydrogen-bond donors (Lipinski definition) is 1. The van der Waals surface area contributed by atoms with Gasteiger partial charge < -0.3 is 15.5 Å². The van der Waals surface area contributed by atoms with Crippen LogP contribution < -0.4 is 10.6 Å². The summed E-state index contributed by atoms with van der Waals surface area (Å²) in [5.74, 6) is -0.0214. The second-order valence-electron chi connectivity index (χ2n) is 5.19. The van der Waals surface area contributed by atoms with Crippen LogP contribution in [-0.4, -0.2) is 42.0 Å². The molecule has 1 saturated heterocycles. The van der Waals surface area contributed by atoms with Crippen LogP contribution in [-0.2, 0) is 0 Å². The molecule has 1 aromatic heterocycles. The maximum Gasteiger partial charge on any atom is 0.273 e. The first-order chi connectivity index (χ1) is 10.1. The predicted molar refractivity (Wildman–Crippen MR) is 85.8 cm³/mol. The lowest BCUT2D eigenvalue weighted by atomic mass is 10.2. The van der Waals surface area contributed by atoms with Crippen LogP contribution >= 0.6 is 11.3 Å². The molecule has 2 heterocycles. The van der Waals surface area contributed by atoms with Crippen LogP contribution in [0.2, 0.25) is 0 Å². The molecule has 0 bridgehead atoms. The van der Waals surface area contributed by atoms with Gasteiger partial charge in [0.05, 0.1) is 0 Å². The molecular weight excluding hydrogens is 284 g/mol. The quantitative estimate of drug-likeness (QED) is 0.921. The number of hydrogen-bond acceptors (Lipinski definition) is 5. The lowest BCUT2D eigenvalue weighted by Gasteiger charge is -2.36. The van der Waals surface area contributed by atoms with Gasteiger partial charge in [0.1, 0.15) is 5.69 Å². The fourth-order valence-electron chi connectivity index (χ4n) is 2.54. The Bertz CT molecular complexity index is 647. The van der Waals surface area contributed by atoms with Crippen molar-refractivity contribution in [3.63, 3.8) is 0 Å². The van der Waals surface area contributed by atoms with Crippen molar-refractivity contribution in [2.24, 2.45) is 0 Å². The summed E-state index contributed by atoms with van der Waals surface area (Å²) in [4.78, 5) is 20.5. The third-order valence-corrected chi connectivity index (χ3v) is 4.35. The van der Waals surface area contributed by atoms with Gasteiger partial charge in [0.15, 0.2) is 5.13 Å². The second-order valence-corrected chi connectivity index (χ2v) is 6.08. The van der Waals surface area contributed by atoms with Gasteiger partial charge in [0, 0.05) is 37.2 Å². The third kappa shape index (κ3) is 3.00. The number of thiazole rings is 1. The predicted octanol–water partition coefficient (Wildman–Crippen LogP) is 2.00. The molecule has 0 unspecified atom stereocenters. The Hall–Kier alpha value is -2.08. The molecule has 21 heavy (non-hydrogen) atoms. The van der Waals surface area contributed by atoms with Gasteiger partial charge in [-0.3, -0.25) is 4.79 Å². The Labute approximate surface area is 128 Å². The SMILES string of the molecule is Cc1cccc(N2CCN(C(=O)c3csc(N)n3)CC2)c1. The van der Waals surface area contributed by atoms with Gasteiger partial charge in [0.25, 0.3) is 5.91 Å². The minimum Gasteiger partial charge on any atom is -0.375 e. The van der Waals surface area contributed by atoms with Crippen molar-refractivity contribution < 1.29 is 4.79 Å². The van der Waals surface area contributed by atoms with Crippen molar-refractivity contribution in [3.05, 3.63) is 40.9 Å². The largest absolute Gasteiger partial charge is 0.375 e. The molecule has 0 atom stereocenters. The van der Waals surface area contributed by atoms with Crippen LogP contribution in [0.1, 0.15) is 16.1 Å². The Morgan fingerprint density at radius 2 is 2.05 bits per heavy atom. The first-order valence-corrected chi connectivity index (χ1v) is 7.83. The van der Waals surface area contributed by atoms with Gasteiger partial charge in [-0.25, -0.2) is 4.98 Å². The van der Waals surface area contributed by atoms with Gasteiger partial charge >= 0.3 is 0 Å². The van der Waals surface area contributed by atoms with Crippen LogP contribution in [0, 0.1) is 6.92 Å². The molecule has 2 N–H and O–H groups in total. The molecule has 1 amide bonds. The summed E-state index contributed by atoms with van der Waals surface area (Å²) in [5, 5.41) is 2.17. The first-order valence-electron chi connectivity index (χ1n) is 6.95. The van der Waals surface area contributed by atoms with Gasteiger partial charge in [0.2, 0.25) is 0 Å². The van der Waals surface area contributed by atoms with E-state index in [4.69, 9.17) is 5.73 Å². The summed E-state index contributed by atoms with van der Waals surface area (Å²) < 4.78 is 0. The average Bonchev–Trinajstić information content (AvgIpc) is 2.93. The Balaban J connectivity index is 1.64. The van der Waals surface area contributed by atoms with E-state index in [2.05, 4.69) is 41.1 Å². The highest BCUT2D eigenvalue weighted by molar-refractivity contribution is 7.13. The van der Waals surface area contributed by atoms with Gasteiger partial charge in [-0.05, 0) is 24.6 Å². The first kappa shape index (κ1) is 13.9. The standard InChI is InChI=1S/C15H18N4OS/c1-11-3-2-4-12(9-11)18-5-7-19(8-6-18)14(20)13-10-21-15(16)17-13/h2-4,9-10H,5-8H2,1H3,(H2,16,17). The van der Waals surface area contributed by atoms with E-state index in [9.17, 15) is 4.79 Å². The normalized spacial score (nSPS) is 15.3. The number of nitrogen functional groups attached to an aromatic ring is 1. The van der Waals surface area contributed by atoms with Crippen LogP contribution in [0.25, 0.3) is 0 Å². The van der Waals surface area contributed by atoms with Crippen molar-refractivity contribution in [1.29, 1.82) is 0 Å². The van der Waals surface area contributed by atoms with E-state index in [1.807, 2.05) is 4.90 Å². The van der Waals surface area contributed by atoms with Crippen molar-refractivity contribution >= 4 is 28.1 Å². The molecule has 0 saturated carbocycles. The van der Waals surface area contributed by atoms with Crippen LogP contribution in [0.5, 0.6) is 0 Å². The third-order valence-electron chi connectivity index (χ3n) is 3.67. The number of carbonyl (C=O) groups is 1. The molecule has 3 rings (SSSR count). The second kappa shape index (κ2) is 5.73. The van der Waals surface area contributed by atoms with Crippen molar-refractivity contribution in [1.82, 2.24) is 9.88 Å². The Kier molecular flexibility index (Phi) is 3.79. The van der Waals surface area contributed by atoms with E-state index in [0.29, 0.717) is 23.9 Å². The number of piperazine rings is 1. The maximum absolute atomic E-state index is 12.3. The van der Waals surface area contributed by atoms with E-state index >= 15 is 0 Å². The number of nitrogens with two attached hydrogens (primary N) is 1. The molecule has 2 aromatic rings. The van der Waals surface area contributed by atoms with Crippen LogP contribution in [0.3, 0.4) is 0 Å². The number of benzene rings is 1. The van der Waals surface area contributed by atoms with Crippen molar-refractivity contribution in [2.75, 3.05) is 36.8 Å². The highest BCUT2D eigenvalue weighted by Gasteiger charge is 2.23. The molecule has 1 aliphatic heterocycles. The Morgan fingerprint density at radius 3 is 2.67 bits per heavy atom. The van der Waals surface area contributed by atoms with E-state index in [1.54, 1.807) is 5.38 Å². The minimum absolute atomic E-state index is 0.0214. The van der Waals surface area contributed by atoms with E-state index in [-0.39, 0.29) is 5.91 Å². The summed E-state index contributed by atoms with van der Waals surface area (Å²) >= 11 is 1.30. The van der Waals surface area contributed by atoms with Crippen molar-refractivity contribution in [3.8, 4) is 0 Å². The zero-order chi connectivity index (χ0) is 14.8. The van der Waals surface area contributed by atoms with E-state index < -0.39 is 0 Å². The zero-order valence-corrected chi connectivity index (χ0v) is 12.8. The Morgan fingerprint density at radius 1 is 1.29 bits per heavy atom. The summed E-state index contributed by atoms with van der Waals surface area (Å²) in [7, 11) is 0. The van der Waals surface area contributed by atoms with E-state index in [1.165, 1.54) is 22.6 Å².